The molecule has 1 heterocycles. The Bertz CT molecular complexity index is 514. The average Bonchev–Trinajstić information content (AvgIpc) is 2.99. The van der Waals surface area contributed by atoms with Crippen LogP contribution in [0.4, 0.5) is 5.82 Å². The van der Waals surface area contributed by atoms with Crippen molar-refractivity contribution >= 4 is 29.6 Å². The SMILES string of the molecule is CCOC(=O)C=Cc1cnc(SC)nc1NC1CCCC1. The van der Waals surface area contributed by atoms with Crippen molar-refractivity contribution in [1.29, 1.82) is 0 Å². The van der Waals surface area contributed by atoms with Gasteiger partial charge in [0.05, 0.1) is 6.61 Å². The van der Waals surface area contributed by atoms with Crippen molar-refractivity contribution in [2.45, 2.75) is 43.8 Å². The first-order valence-electron chi connectivity index (χ1n) is 7.25. The maximum atomic E-state index is 11.4. The predicted octanol–water partition coefficient (Wildman–Crippen LogP) is 3.13. The van der Waals surface area contributed by atoms with Crippen molar-refractivity contribution < 1.29 is 9.53 Å². The molecule has 5 nitrogen and oxygen atoms in total. The highest BCUT2D eigenvalue weighted by Crippen LogP contribution is 2.24. The second-order valence-corrected chi connectivity index (χ2v) is 5.65. The number of thioether (sulfide) groups is 1. The molecule has 0 radical (unpaired) electrons. The molecule has 1 N–H and O–H groups in total. The van der Waals surface area contributed by atoms with Crippen LogP contribution in [0.25, 0.3) is 6.08 Å². The minimum Gasteiger partial charge on any atom is -0.463 e. The highest BCUT2D eigenvalue weighted by molar-refractivity contribution is 7.98. The van der Waals surface area contributed by atoms with E-state index >= 15 is 0 Å². The molecule has 1 aromatic heterocycles. The molecule has 0 aromatic carbocycles. The number of nitrogens with zero attached hydrogens (tertiary/aromatic N) is 2. The van der Waals surface area contributed by atoms with Crippen LogP contribution in [0.5, 0.6) is 0 Å². The number of aromatic nitrogens is 2. The quantitative estimate of drug-likeness (QED) is 0.377. The van der Waals surface area contributed by atoms with E-state index in [1.165, 1.54) is 43.5 Å². The molecule has 1 aromatic rings. The Balaban J connectivity index is 2.15. The van der Waals surface area contributed by atoms with Gasteiger partial charge in [-0.2, -0.15) is 0 Å². The summed E-state index contributed by atoms with van der Waals surface area (Å²) in [6.07, 6.45) is 11.7. The van der Waals surface area contributed by atoms with E-state index in [2.05, 4.69) is 15.3 Å². The molecule has 0 bridgehead atoms. The molecule has 1 aliphatic carbocycles. The Morgan fingerprint density at radius 2 is 2.29 bits per heavy atom. The number of nitrogens with one attached hydrogen (secondary N) is 1. The van der Waals surface area contributed by atoms with E-state index < -0.39 is 0 Å². The van der Waals surface area contributed by atoms with Crippen LogP contribution in [-0.2, 0) is 9.53 Å². The van der Waals surface area contributed by atoms with E-state index in [-0.39, 0.29) is 5.97 Å². The minimum atomic E-state index is -0.349. The molecule has 1 aliphatic rings. The van der Waals surface area contributed by atoms with E-state index in [9.17, 15) is 4.79 Å². The van der Waals surface area contributed by atoms with Gasteiger partial charge in [-0.3, -0.25) is 0 Å². The van der Waals surface area contributed by atoms with Gasteiger partial charge in [-0.15, -0.1) is 0 Å². The fourth-order valence-corrected chi connectivity index (χ4v) is 2.66. The fourth-order valence-electron chi connectivity index (χ4n) is 2.32. The van der Waals surface area contributed by atoms with Gasteiger partial charge in [0.25, 0.3) is 0 Å². The molecule has 114 valence electrons. The Morgan fingerprint density at radius 1 is 1.52 bits per heavy atom. The smallest absolute Gasteiger partial charge is 0.330 e. The summed E-state index contributed by atoms with van der Waals surface area (Å²) < 4.78 is 4.89. The number of esters is 1. The molecule has 6 heteroatoms. The Hall–Kier alpha value is -1.56. The van der Waals surface area contributed by atoms with E-state index in [0.717, 1.165) is 16.5 Å². The summed E-state index contributed by atoms with van der Waals surface area (Å²) in [5.74, 6) is 0.444. The predicted molar refractivity (Wildman–Crippen MR) is 85.4 cm³/mol. The lowest BCUT2D eigenvalue weighted by Crippen LogP contribution is -2.17. The van der Waals surface area contributed by atoms with Crippen molar-refractivity contribution in [3.05, 3.63) is 17.8 Å². The zero-order valence-electron chi connectivity index (χ0n) is 12.5. The summed E-state index contributed by atoms with van der Waals surface area (Å²) in [4.78, 5) is 20.2. The van der Waals surface area contributed by atoms with Crippen LogP contribution in [-0.4, -0.2) is 34.8 Å². The summed E-state index contributed by atoms with van der Waals surface area (Å²) in [7, 11) is 0. The topological polar surface area (TPSA) is 64.1 Å². The molecule has 0 unspecified atom stereocenters. The third-order valence-corrected chi connectivity index (χ3v) is 3.92. The first-order chi connectivity index (χ1) is 10.2. The lowest BCUT2D eigenvalue weighted by atomic mass is 10.2. The summed E-state index contributed by atoms with van der Waals surface area (Å²) in [6.45, 7) is 2.16. The average molecular weight is 307 g/mol. The van der Waals surface area contributed by atoms with E-state index in [1.54, 1.807) is 19.2 Å². The molecule has 0 spiro atoms. The Morgan fingerprint density at radius 3 is 2.95 bits per heavy atom. The zero-order valence-corrected chi connectivity index (χ0v) is 13.3. The summed E-state index contributed by atoms with van der Waals surface area (Å²) >= 11 is 1.50. The molecule has 21 heavy (non-hydrogen) atoms. The number of carbonyl (C=O) groups is 1. The van der Waals surface area contributed by atoms with E-state index in [0.29, 0.717) is 12.6 Å². The van der Waals surface area contributed by atoms with Crippen molar-refractivity contribution in [1.82, 2.24) is 9.97 Å². The van der Waals surface area contributed by atoms with Crippen LogP contribution in [0.2, 0.25) is 0 Å². The largest absolute Gasteiger partial charge is 0.463 e. The van der Waals surface area contributed by atoms with Gasteiger partial charge in [-0.05, 0) is 32.1 Å². The molecule has 0 amide bonds. The number of carbonyl (C=O) groups excluding carboxylic acids is 1. The fraction of sp³-hybridized carbons (Fsp3) is 0.533. The second kappa shape index (κ2) is 8.02. The number of ether oxygens (including phenoxy) is 1. The first kappa shape index (κ1) is 15.8. The molecular formula is C15H21N3O2S. The van der Waals surface area contributed by atoms with Gasteiger partial charge in [0.2, 0.25) is 0 Å². The molecule has 1 saturated carbocycles. The van der Waals surface area contributed by atoms with Gasteiger partial charge in [-0.25, -0.2) is 14.8 Å². The normalized spacial score (nSPS) is 15.5. The lowest BCUT2D eigenvalue weighted by molar-refractivity contribution is -0.137. The van der Waals surface area contributed by atoms with Gasteiger partial charge in [-0.1, -0.05) is 24.6 Å². The number of anilines is 1. The number of hydrogen-bond donors (Lipinski definition) is 1. The van der Waals surface area contributed by atoms with Crippen LogP contribution in [0, 0.1) is 0 Å². The lowest BCUT2D eigenvalue weighted by Gasteiger charge is -2.15. The van der Waals surface area contributed by atoms with Crippen LogP contribution in [0.3, 0.4) is 0 Å². The molecule has 1 fully saturated rings. The van der Waals surface area contributed by atoms with E-state index in [4.69, 9.17) is 4.74 Å². The number of rotatable bonds is 6. The third kappa shape index (κ3) is 4.74. The van der Waals surface area contributed by atoms with Crippen molar-refractivity contribution in [3.63, 3.8) is 0 Å². The maximum Gasteiger partial charge on any atom is 0.330 e. The van der Waals surface area contributed by atoms with Crippen molar-refractivity contribution in [3.8, 4) is 0 Å². The monoisotopic (exact) mass is 307 g/mol. The minimum absolute atomic E-state index is 0.349. The van der Waals surface area contributed by atoms with Gasteiger partial charge in [0.15, 0.2) is 5.16 Å². The highest BCUT2D eigenvalue weighted by atomic mass is 32.2. The summed E-state index contributed by atoms with van der Waals surface area (Å²) in [5, 5.41) is 4.20. The summed E-state index contributed by atoms with van der Waals surface area (Å²) in [6, 6.07) is 0.462. The van der Waals surface area contributed by atoms with Gasteiger partial charge in [0.1, 0.15) is 5.82 Å². The summed E-state index contributed by atoms with van der Waals surface area (Å²) in [5.41, 5.74) is 0.813. The Kier molecular flexibility index (Phi) is 6.04. The molecular weight excluding hydrogens is 286 g/mol. The first-order valence-corrected chi connectivity index (χ1v) is 8.47. The third-order valence-electron chi connectivity index (χ3n) is 3.36. The van der Waals surface area contributed by atoms with Gasteiger partial charge in [0, 0.05) is 23.9 Å². The van der Waals surface area contributed by atoms with Crippen LogP contribution >= 0.6 is 11.8 Å². The standard InChI is InChI=1S/C15H21N3O2S/c1-3-20-13(19)9-8-11-10-16-15(21-2)18-14(11)17-12-6-4-5-7-12/h8-10,12H,3-7H2,1-2H3,(H,16,17,18). The Labute approximate surface area is 129 Å². The second-order valence-electron chi connectivity index (χ2n) is 4.87. The van der Waals surface area contributed by atoms with Crippen LogP contribution in [0.1, 0.15) is 38.2 Å². The molecule has 0 saturated heterocycles. The molecule has 0 atom stereocenters. The highest BCUT2D eigenvalue weighted by Gasteiger charge is 2.16. The van der Waals surface area contributed by atoms with Crippen molar-refractivity contribution in [2.75, 3.05) is 18.2 Å². The van der Waals surface area contributed by atoms with Gasteiger partial charge >= 0.3 is 5.97 Å². The van der Waals surface area contributed by atoms with E-state index in [1.807, 2.05) is 6.26 Å². The van der Waals surface area contributed by atoms with Crippen LogP contribution < -0.4 is 5.32 Å². The molecule has 0 aliphatic heterocycles. The van der Waals surface area contributed by atoms with Crippen molar-refractivity contribution in [2.24, 2.45) is 0 Å². The maximum absolute atomic E-state index is 11.4. The zero-order chi connectivity index (χ0) is 15.1. The van der Waals surface area contributed by atoms with Crippen LogP contribution in [0.15, 0.2) is 17.4 Å². The molecule has 2 rings (SSSR count). The number of hydrogen-bond acceptors (Lipinski definition) is 6. The van der Waals surface area contributed by atoms with Gasteiger partial charge < -0.3 is 10.1 Å².